The number of hydrogen-bond donors (Lipinski definition) is 0. The summed E-state index contributed by atoms with van der Waals surface area (Å²) in [5.74, 6) is -0.201. The number of methoxy groups -OCH3 is 1. The summed E-state index contributed by atoms with van der Waals surface area (Å²) in [6, 6.07) is 10.7. The summed E-state index contributed by atoms with van der Waals surface area (Å²) in [5, 5.41) is 0. The average Bonchev–Trinajstić information content (AvgIpc) is 3.16. The number of ketones is 1. The van der Waals surface area contributed by atoms with Crippen LogP contribution < -0.4 is 9.47 Å². The predicted octanol–water partition coefficient (Wildman–Crippen LogP) is 3.40. The highest BCUT2D eigenvalue weighted by atomic mass is 19.1. The maximum Gasteiger partial charge on any atom is 0.261 e. The highest BCUT2D eigenvalue weighted by Crippen LogP contribution is 2.25. The molecule has 1 saturated heterocycles. The van der Waals surface area contributed by atoms with Crippen molar-refractivity contribution in [3.63, 3.8) is 0 Å². The molecule has 1 atom stereocenters. The monoisotopic (exact) mass is 371 g/mol. The maximum absolute atomic E-state index is 13.6. The van der Waals surface area contributed by atoms with Crippen molar-refractivity contribution >= 4 is 11.7 Å². The number of rotatable bonds is 6. The molecule has 1 aliphatic heterocycles. The van der Waals surface area contributed by atoms with E-state index in [4.69, 9.17) is 9.47 Å². The summed E-state index contributed by atoms with van der Waals surface area (Å²) < 4.78 is 24.2. The van der Waals surface area contributed by atoms with Crippen molar-refractivity contribution in [3.05, 3.63) is 59.4 Å². The second-order valence-corrected chi connectivity index (χ2v) is 6.51. The van der Waals surface area contributed by atoms with Crippen LogP contribution in [0, 0.1) is 12.7 Å². The van der Waals surface area contributed by atoms with Crippen molar-refractivity contribution in [2.24, 2.45) is 0 Å². The van der Waals surface area contributed by atoms with Crippen LogP contribution in [0.1, 0.15) is 28.8 Å². The summed E-state index contributed by atoms with van der Waals surface area (Å²) in [6.45, 7) is 2.06. The first-order valence-electron chi connectivity index (χ1n) is 8.87. The number of para-hydroxylation sites is 1. The van der Waals surface area contributed by atoms with Crippen molar-refractivity contribution in [3.8, 4) is 11.5 Å². The fourth-order valence-electron chi connectivity index (χ4n) is 3.35. The summed E-state index contributed by atoms with van der Waals surface area (Å²) >= 11 is 0. The molecular weight excluding hydrogens is 349 g/mol. The zero-order chi connectivity index (χ0) is 19.4. The van der Waals surface area contributed by atoms with E-state index in [2.05, 4.69) is 0 Å². The topological polar surface area (TPSA) is 55.8 Å². The number of nitrogens with zero attached hydrogens (tertiary/aromatic N) is 1. The minimum atomic E-state index is -0.520. The van der Waals surface area contributed by atoms with Crippen molar-refractivity contribution in [2.75, 3.05) is 20.3 Å². The Balaban J connectivity index is 1.69. The summed E-state index contributed by atoms with van der Waals surface area (Å²) in [4.78, 5) is 27.0. The Morgan fingerprint density at radius 1 is 1.19 bits per heavy atom. The standard InChI is InChI=1S/C21H22FNO4/c1-14-12-15(9-10-18(14)26-2)21(25)17-7-5-11-23(17)20(24)13-27-19-8-4-3-6-16(19)22/h3-4,6,8-10,12,17H,5,7,11,13H2,1-2H3. The lowest BCUT2D eigenvalue weighted by molar-refractivity contribution is -0.133. The van der Waals surface area contributed by atoms with E-state index in [1.54, 1.807) is 37.4 Å². The van der Waals surface area contributed by atoms with Crippen LogP contribution in [0.25, 0.3) is 0 Å². The fraction of sp³-hybridized carbons (Fsp3) is 0.333. The van der Waals surface area contributed by atoms with Gasteiger partial charge in [0.05, 0.1) is 13.2 Å². The molecule has 27 heavy (non-hydrogen) atoms. The number of amides is 1. The maximum atomic E-state index is 13.6. The van der Waals surface area contributed by atoms with Crippen LogP contribution in [0.15, 0.2) is 42.5 Å². The van der Waals surface area contributed by atoms with Crippen molar-refractivity contribution < 1.29 is 23.5 Å². The lowest BCUT2D eigenvalue weighted by Gasteiger charge is -2.24. The number of halogens is 1. The first-order valence-corrected chi connectivity index (χ1v) is 8.87. The first-order chi connectivity index (χ1) is 13.0. The van der Waals surface area contributed by atoms with Crippen molar-refractivity contribution in [2.45, 2.75) is 25.8 Å². The number of benzene rings is 2. The van der Waals surface area contributed by atoms with Crippen LogP contribution in [0.4, 0.5) is 4.39 Å². The Bertz CT molecular complexity index is 852. The molecule has 1 fully saturated rings. The normalized spacial score (nSPS) is 16.3. The Morgan fingerprint density at radius 2 is 1.96 bits per heavy atom. The number of likely N-dealkylation sites (tertiary alicyclic amines) is 1. The lowest BCUT2D eigenvalue weighted by Crippen LogP contribution is -2.42. The third kappa shape index (κ3) is 4.10. The van der Waals surface area contributed by atoms with Crippen LogP contribution >= 0.6 is 0 Å². The third-order valence-corrected chi connectivity index (χ3v) is 4.74. The molecule has 1 heterocycles. The molecule has 142 valence electrons. The molecule has 1 amide bonds. The molecule has 2 aromatic rings. The van der Waals surface area contributed by atoms with Crippen molar-refractivity contribution in [1.82, 2.24) is 4.90 Å². The molecule has 1 unspecified atom stereocenters. The van der Waals surface area contributed by atoms with Gasteiger partial charge in [0.2, 0.25) is 0 Å². The average molecular weight is 371 g/mol. The highest BCUT2D eigenvalue weighted by Gasteiger charge is 2.34. The number of carbonyl (C=O) groups excluding carboxylic acids is 2. The first kappa shape index (κ1) is 18.9. The molecule has 0 bridgehead atoms. The van der Waals surface area contributed by atoms with Gasteiger partial charge in [-0.05, 0) is 55.7 Å². The van der Waals surface area contributed by atoms with Crippen LogP contribution in [0.2, 0.25) is 0 Å². The number of ether oxygens (including phenoxy) is 2. The number of carbonyl (C=O) groups is 2. The van der Waals surface area contributed by atoms with Crippen LogP contribution in [-0.4, -0.2) is 42.9 Å². The highest BCUT2D eigenvalue weighted by molar-refractivity contribution is 6.02. The van der Waals surface area contributed by atoms with Gasteiger partial charge in [-0.25, -0.2) is 4.39 Å². The molecule has 0 aliphatic carbocycles. The molecule has 5 nitrogen and oxygen atoms in total. The number of aryl methyl sites for hydroxylation is 1. The van der Waals surface area contributed by atoms with Gasteiger partial charge in [0.25, 0.3) is 5.91 Å². The van der Waals surface area contributed by atoms with Gasteiger partial charge in [-0.1, -0.05) is 12.1 Å². The molecule has 2 aromatic carbocycles. The van der Waals surface area contributed by atoms with E-state index < -0.39 is 11.9 Å². The number of hydrogen-bond acceptors (Lipinski definition) is 4. The van der Waals surface area contributed by atoms with Gasteiger partial charge in [-0.2, -0.15) is 0 Å². The van der Waals surface area contributed by atoms with Gasteiger partial charge < -0.3 is 14.4 Å². The van der Waals surface area contributed by atoms with Crippen LogP contribution in [0.3, 0.4) is 0 Å². The minimum Gasteiger partial charge on any atom is -0.496 e. The Kier molecular flexibility index (Phi) is 5.74. The zero-order valence-corrected chi connectivity index (χ0v) is 15.4. The summed E-state index contributed by atoms with van der Waals surface area (Å²) in [6.07, 6.45) is 1.35. The Labute approximate surface area is 157 Å². The minimum absolute atomic E-state index is 0.0266. The van der Waals surface area contributed by atoms with E-state index >= 15 is 0 Å². The van der Waals surface area contributed by atoms with Gasteiger partial charge in [-0.15, -0.1) is 0 Å². The third-order valence-electron chi connectivity index (χ3n) is 4.74. The fourth-order valence-corrected chi connectivity index (χ4v) is 3.35. The number of Topliss-reactive ketones (excluding diaryl/α,β-unsaturated/α-hetero) is 1. The Morgan fingerprint density at radius 3 is 2.67 bits per heavy atom. The molecule has 0 aromatic heterocycles. The zero-order valence-electron chi connectivity index (χ0n) is 15.4. The summed E-state index contributed by atoms with van der Waals surface area (Å²) in [7, 11) is 1.58. The van der Waals surface area contributed by atoms with E-state index in [-0.39, 0.29) is 24.0 Å². The molecule has 6 heteroatoms. The second-order valence-electron chi connectivity index (χ2n) is 6.51. The largest absolute Gasteiger partial charge is 0.496 e. The quantitative estimate of drug-likeness (QED) is 0.731. The van der Waals surface area contributed by atoms with Gasteiger partial charge in [0.15, 0.2) is 24.0 Å². The molecule has 0 saturated carbocycles. The lowest BCUT2D eigenvalue weighted by atomic mass is 10.00. The van der Waals surface area contributed by atoms with E-state index in [9.17, 15) is 14.0 Å². The Hall–Kier alpha value is -2.89. The van der Waals surface area contributed by atoms with Crippen LogP contribution in [0.5, 0.6) is 11.5 Å². The van der Waals surface area contributed by atoms with Crippen molar-refractivity contribution in [1.29, 1.82) is 0 Å². The van der Waals surface area contributed by atoms with E-state index in [0.717, 1.165) is 12.0 Å². The summed E-state index contributed by atoms with van der Waals surface area (Å²) in [5.41, 5.74) is 1.41. The van der Waals surface area contributed by atoms with E-state index in [1.807, 2.05) is 6.92 Å². The molecule has 0 radical (unpaired) electrons. The van der Waals surface area contributed by atoms with Gasteiger partial charge >= 0.3 is 0 Å². The molecule has 3 rings (SSSR count). The van der Waals surface area contributed by atoms with Gasteiger partial charge in [0, 0.05) is 12.1 Å². The van der Waals surface area contributed by atoms with Gasteiger partial charge in [-0.3, -0.25) is 9.59 Å². The smallest absolute Gasteiger partial charge is 0.261 e. The van der Waals surface area contributed by atoms with Crippen LogP contribution in [-0.2, 0) is 4.79 Å². The molecule has 0 spiro atoms. The second kappa shape index (κ2) is 8.20. The molecule has 1 aliphatic rings. The predicted molar refractivity (Wildman–Crippen MR) is 98.7 cm³/mol. The molecule has 0 N–H and O–H groups in total. The SMILES string of the molecule is COc1ccc(C(=O)C2CCCN2C(=O)COc2ccccc2F)cc1C. The van der Waals surface area contributed by atoms with E-state index in [1.165, 1.54) is 17.0 Å². The van der Waals surface area contributed by atoms with E-state index in [0.29, 0.717) is 24.3 Å². The molecular formula is C21H22FNO4. The van der Waals surface area contributed by atoms with Gasteiger partial charge in [0.1, 0.15) is 5.75 Å².